The molecule has 0 aliphatic rings. The second-order valence-electron chi connectivity index (χ2n) is 4.10. The van der Waals surface area contributed by atoms with E-state index in [1.807, 2.05) is 37.3 Å². The van der Waals surface area contributed by atoms with Crippen LogP contribution >= 0.6 is 15.9 Å². The van der Waals surface area contributed by atoms with E-state index >= 15 is 0 Å². The van der Waals surface area contributed by atoms with Crippen LogP contribution in [-0.2, 0) is 0 Å². The van der Waals surface area contributed by atoms with Crippen LogP contribution in [0.2, 0.25) is 0 Å². The lowest BCUT2D eigenvalue weighted by atomic mass is 10.1. The fourth-order valence-corrected chi connectivity index (χ4v) is 1.96. The van der Waals surface area contributed by atoms with Gasteiger partial charge in [0.15, 0.2) is 0 Å². The minimum atomic E-state index is -0.587. The Labute approximate surface area is 115 Å². The summed E-state index contributed by atoms with van der Waals surface area (Å²) < 4.78 is 6.65. The van der Waals surface area contributed by atoms with Crippen molar-refractivity contribution in [3.63, 3.8) is 0 Å². The molecule has 0 bridgehead atoms. The number of halogens is 1. The number of nitrogens with zero attached hydrogens (tertiary/aromatic N) is 1. The fraction of sp³-hybridized carbons (Fsp3) is 0.214. The molecule has 2 aromatic rings. The van der Waals surface area contributed by atoms with Crippen LogP contribution in [0.25, 0.3) is 0 Å². The number of rotatable bonds is 3. The summed E-state index contributed by atoms with van der Waals surface area (Å²) in [5.41, 5.74) is 1.68. The molecule has 1 aromatic carbocycles. The average Bonchev–Trinajstić information content (AvgIpc) is 2.34. The topological polar surface area (TPSA) is 42.4 Å². The number of pyridine rings is 1. The first-order valence-electron chi connectivity index (χ1n) is 5.64. The van der Waals surface area contributed by atoms with Gasteiger partial charge < -0.3 is 9.84 Å². The Morgan fingerprint density at radius 1 is 1.28 bits per heavy atom. The molecule has 3 nitrogen and oxygen atoms in total. The Kier molecular flexibility index (Phi) is 3.99. The summed E-state index contributed by atoms with van der Waals surface area (Å²) in [4.78, 5) is 4.17. The maximum atomic E-state index is 9.73. The van der Waals surface area contributed by atoms with Crippen molar-refractivity contribution in [2.75, 3.05) is 0 Å². The van der Waals surface area contributed by atoms with Crippen LogP contribution in [0.5, 0.6) is 11.5 Å². The molecule has 0 saturated heterocycles. The largest absolute Gasteiger partial charge is 0.455 e. The van der Waals surface area contributed by atoms with E-state index < -0.39 is 6.10 Å². The summed E-state index contributed by atoms with van der Waals surface area (Å²) in [5, 5.41) is 9.73. The van der Waals surface area contributed by atoms with Gasteiger partial charge in [0, 0.05) is 15.7 Å². The molecule has 0 amide bonds. The van der Waals surface area contributed by atoms with Gasteiger partial charge in [-0.2, -0.15) is 0 Å². The average molecular weight is 308 g/mol. The van der Waals surface area contributed by atoms with E-state index in [0.717, 1.165) is 15.7 Å². The normalized spacial score (nSPS) is 12.2. The minimum Gasteiger partial charge on any atom is -0.455 e. The van der Waals surface area contributed by atoms with Crippen molar-refractivity contribution in [3.05, 3.63) is 52.3 Å². The van der Waals surface area contributed by atoms with Crippen molar-refractivity contribution in [2.45, 2.75) is 20.0 Å². The second-order valence-corrected chi connectivity index (χ2v) is 5.01. The third-order valence-electron chi connectivity index (χ3n) is 2.53. The molecule has 0 radical (unpaired) electrons. The Balaban J connectivity index is 2.31. The first-order chi connectivity index (χ1) is 8.56. The summed E-state index contributed by atoms with van der Waals surface area (Å²) in [7, 11) is 0. The molecule has 2 rings (SSSR count). The third kappa shape index (κ3) is 3.09. The standard InChI is InChI=1S/C14H14BrNO2/c1-9-3-5-12(8-16-9)18-14-6-4-11(15)7-13(14)10(2)17/h3-8,10,17H,1-2H3. The molecule has 1 unspecified atom stereocenters. The Hall–Kier alpha value is -1.39. The van der Waals surface area contributed by atoms with Crippen molar-refractivity contribution >= 4 is 15.9 Å². The molecule has 1 N–H and O–H groups in total. The summed E-state index contributed by atoms with van der Waals surface area (Å²) in [6, 6.07) is 9.29. The molecule has 4 heteroatoms. The SMILES string of the molecule is Cc1ccc(Oc2ccc(Br)cc2C(C)O)cn1. The van der Waals surface area contributed by atoms with Crippen molar-refractivity contribution < 1.29 is 9.84 Å². The van der Waals surface area contributed by atoms with Gasteiger partial charge in [0.1, 0.15) is 11.5 Å². The van der Waals surface area contributed by atoms with E-state index in [1.54, 1.807) is 13.1 Å². The van der Waals surface area contributed by atoms with Gasteiger partial charge in [-0.1, -0.05) is 15.9 Å². The highest BCUT2D eigenvalue weighted by molar-refractivity contribution is 9.10. The Morgan fingerprint density at radius 2 is 2.06 bits per heavy atom. The van der Waals surface area contributed by atoms with Crippen LogP contribution in [0.15, 0.2) is 41.0 Å². The van der Waals surface area contributed by atoms with Gasteiger partial charge in [-0.15, -0.1) is 0 Å². The van der Waals surface area contributed by atoms with Gasteiger partial charge in [-0.3, -0.25) is 4.98 Å². The molecule has 1 atom stereocenters. The second kappa shape index (κ2) is 5.50. The van der Waals surface area contributed by atoms with Crippen LogP contribution in [0.3, 0.4) is 0 Å². The van der Waals surface area contributed by atoms with Crippen LogP contribution in [0.4, 0.5) is 0 Å². The molecule has 1 heterocycles. The van der Waals surface area contributed by atoms with Crippen molar-refractivity contribution in [3.8, 4) is 11.5 Å². The number of aliphatic hydroxyl groups excluding tert-OH is 1. The molecule has 0 fully saturated rings. The lowest BCUT2D eigenvalue weighted by molar-refractivity contribution is 0.195. The summed E-state index contributed by atoms with van der Waals surface area (Å²) >= 11 is 3.38. The Morgan fingerprint density at radius 3 is 2.67 bits per heavy atom. The van der Waals surface area contributed by atoms with E-state index in [4.69, 9.17) is 4.74 Å². The van der Waals surface area contributed by atoms with Gasteiger partial charge >= 0.3 is 0 Å². The third-order valence-corrected chi connectivity index (χ3v) is 3.03. The van der Waals surface area contributed by atoms with Gasteiger partial charge in [0.2, 0.25) is 0 Å². The predicted octanol–water partition coefficient (Wildman–Crippen LogP) is 4.00. The first-order valence-corrected chi connectivity index (χ1v) is 6.43. The van der Waals surface area contributed by atoms with Crippen LogP contribution in [0, 0.1) is 6.92 Å². The van der Waals surface area contributed by atoms with E-state index in [0.29, 0.717) is 11.5 Å². The molecular formula is C14H14BrNO2. The molecule has 0 aliphatic heterocycles. The minimum absolute atomic E-state index is 0.587. The predicted molar refractivity (Wildman–Crippen MR) is 73.8 cm³/mol. The van der Waals surface area contributed by atoms with Crippen molar-refractivity contribution in [2.24, 2.45) is 0 Å². The zero-order chi connectivity index (χ0) is 13.1. The highest BCUT2D eigenvalue weighted by Gasteiger charge is 2.10. The first kappa shape index (κ1) is 13.1. The van der Waals surface area contributed by atoms with Gasteiger partial charge in [0.25, 0.3) is 0 Å². The number of hydrogen-bond acceptors (Lipinski definition) is 3. The molecular weight excluding hydrogens is 294 g/mol. The number of benzene rings is 1. The molecule has 94 valence electrons. The summed E-state index contributed by atoms with van der Waals surface area (Å²) in [6.07, 6.45) is 1.08. The van der Waals surface area contributed by atoms with Crippen molar-refractivity contribution in [1.29, 1.82) is 0 Å². The van der Waals surface area contributed by atoms with E-state index in [-0.39, 0.29) is 0 Å². The summed E-state index contributed by atoms with van der Waals surface area (Å²) in [5.74, 6) is 1.30. The quantitative estimate of drug-likeness (QED) is 0.932. The van der Waals surface area contributed by atoms with Gasteiger partial charge in [-0.05, 0) is 44.2 Å². The van der Waals surface area contributed by atoms with Crippen LogP contribution in [-0.4, -0.2) is 10.1 Å². The Bertz CT molecular complexity index is 538. The van der Waals surface area contributed by atoms with E-state index in [1.165, 1.54) is 0 Å². The lowest BCUT2D eigenvalue weighted by Gasteiger charge is -2.13. The number of hydrogen-bond donors (Lipinski definition) is 1. The monoisotopic (exact) mass is 307 g/mol. The number of aryl methyl sites for hydroxylation is 1. The zero-order valence-corrected chi connectivity index (χ0v) is 11.8. The zero-order valence-electron chi connectivity index (χ0n) is 10.2. The molecule has 0 saturated carbocycles. The molecule has 0 aliphatic carbocycles. The van der Waals surface area contributed by atoms with Crippen LogP contribution in [0.1, 0.15) is 24.3 Å². The summed E-state index contributed by atoms with van der Waals surface area (Å²) in [6.45, 7) is 3.63. The smallest absolute Gasteiger partial charge is 0.145 e. The fourth-order valence-electron chi connectivity index (χ4n) is 1.58. The van der Waals surface area contributed by atoms with Crippen molar-refractivity contribution in [1.82, 2.24) is 4.98 Å². The highest BCUT2D eigenvalue weighted by atomic mass is 79.9. The number of aliphatic hydroxyl groups is 1. The maximum absolute atomic E-state index is 9.73. The number of ether oxygens (including phenoxy) is 1. The molecule has 1 aromatic heterocycles. The molecule has 18 heavy (non-hydrogen) atoms. The highest BCUT2D eigenvalue weighted by Crippen LogP contribution is 2.31. The van der Waals surface area contributed by atoms with Crippen LogP contribution < -0.4 is 4.74 Å². The van der Waals surface area contributed by atoms with E-state index in [9.17, 15) is 5.11 Å². The van der Waals surface area contributed by atoms with E-state index in [2.05, 4.69) is 20.9 Å². The number of aromatic nitrogens is 1. The van der Waals surface area contributed by atoms with Gasteiger partial charge in [0.05, 0.1) is 12.3 Å². The lowest BCUT2D eigenvalue weighted by Crippen LogP contribution is -1.96. The van der Waals surface area contributed by atoms with Gasteiger partial charge in [-0.25, -0.2) is 0 Å². The maximum Gasteiger partial charge on any atom is 0.145 e. The molecule has 0 spiro atoms.